The first-order valence-electron chi connectivity index (χ1n) is 10.9. The molecular formula is C26H26N2O4. The monoisotopic (exact) mass is 430 g/mol. The largest absolute Gasteiger partial charge is 0.497 e. The van der Waals surface area contributed by atoms with Gasteiger partial charge in [0.05, 0.1) is 13.2 Å². The Morgan fingerprint density at radius 3 is 2.53 bits per heavy atom. The molecule has 0 aliphatic heterocycles. The molecule has 1 aliphatic carbocycles. The molecule has 32 heavy (non-hydrogen) atoms. The van der Waals surface area contributed by atoms with E-state index in [2.05, 4.69) is 4.98 Å². The average molecular weight is 431 g/mol. The van der Waals surface area contributed by atoms with Crippen molar-refractivity contribution in [3.05, 3.63) is 76.8 Å². The fourth-order valence-corrected chi connectivity index (χ4v) is 3.95. The van der Waals surface area contributed by atoms with Crippen molar-refractivity contribution >= 4 is 10.9 Å². The van der Waals surface area contributed by atoms with E-state index in [1.165, 1.54) is 6.42 Å². The number of fused-ring (bicyclic) bond motifs is 1. The number of pyridine rings is 1. The molecule has 2 heterocycles. The summed E-state index contributed by atoms with van der Waals surface area (Å²) in [6.07, 6.45) is 7.25. The highest BCUT2D eigenvalue weighted by Crippen LogP contribution is 2.39. The van der Waals surface area contributed by atoms with Crippen LogP contribution in [-0.2, 0) is 13.7 Å². The predicted octanol–water partition coefficient (Wildman–Crippen LogP) is 5.05. The number of rotatable bonds is 7. The zero-order valence-electron chi connectivity index (χ0n) is 18.3. The highest BCUT2D eigenvalue weighted by Gasteiger charge is 2.22. The van der Waals surface area contributed by atoms with Crippen LogP contribution in [0.15, 0.2) is 65.7 Å². The Morgan fingerprint density at radius 2 is 1.81 bits per heavy atom. The molecule has 0 atom stereocenters. The molecule has 0 unspecified atom stereocenters. The van der Waals surface area contributed by atoms with Gasteiger partial charge < -0.3 is 23.8 Å². The Morgan fingerprint density at radius 1 is 1.03 bits per heavy atom. The van der Waals surface area contributed by atoms with E-state index in [1.54, 1.807) is 24.9 Å². The van der Waals surface area contributed by atoms with Crippen LogP contribution in [0.25, 0.3) is 22.0 Å². The van der Waals surface area contributed by atoms with E-state index in [0.29, 0.717) is 12.1 Å². The number of ether oxygens (including phenoxy) is 3. The zero-order valence-corrected chi connectivity index (χ0v) is 18.3. The average Bonchev–Trinajstić information content (AvgIpc) is 3.28. The van der Waals surface area contributed by atoms with Crippen molar-refractivity contribution in [2.75, 3.05) is 7.11 Å². The molecule has 1 fully saturated rings. The van der Waals surface area contributed by atoms with Crippen molar-refractivity contribution in [2.24, 2.45) is 7.05 Å². The minimum absolute atomic E-state index is 0.0536. The van der Waals surface area contributed by atoms with Crippen LogP contribution < -0.4 is 19.8 Å². The Kier molecular flexibility index (Phi) is 5.35. The third kappa shape index (κ3) is 3.84. The van der Waals surface area contributed by atoms with E-state index in [0.717, 1.165) is 52.2 Å². The Labute approximate surface area is 186 Å². The number of H-pyrrole nitrogens is 1. The summed E-state index contributed by atoms with van der Waals surface area (Å²) in [6.45, 7) is 0.444. The third-order valence-corrected chi connectivity index (χ3v) is 6.05. The maximum Gasteiger partial charge on any atom is 0.274 e. The van der Waals surface area contributed by atoms with Gasteiger partial charge in [0.15, 0.2) is 0 Å². The van der Waals surface area contributed by atoms with Crippen LogP contribution in [0.4, 0.5) is 0 Å². The van der Waals surface area contributed by atoms with E-state index in [-0.39, 0.29) is 11.7 Å². The number of aromatic amines is 1. The van der Waals surface area contributed by atoms with Gasteiger partial charge in [0.25, 0.3) is 5.56 Å². The molecule has 5 rings (SSSR count). The normalized spacial score (nSPS) is 13.7. The lowest BCUT2D eigenvalue weighted by molar-refractivity contribution is 0.121. The molecule has 0 radical (unpaired) electrons. The van der Waals surface area contributed by atoms with E-state index >= 15 is 0 Å². The van der Waals surface area contributed by atoms with Gasteiger partial charge in [-0.1, -0.05) is 12.1 Å². The van der Waals surface area contributed by atoms with E-state index in [1.807, 2.05) is 54.7 Å². The molecule has 4 aromatic rings. The van der Waals surface area contributed by atoms with Crippen molar-refractivity contribution < 1.29 is 14.2 Å². The van der Waals surface area contributed by atoms with Gasteiger partial charge in [0.1, 0.15) is 29.4 Å². The molecule has 6 nitrogen and oxygen atoms in total. The van der Waals surface area contributed by atoms with Crippen LogP contribution in [0.2, 0.25) is 0 Å². The highest BCUT2D eigenvalue weighted by molar-refractivity contribution is 5.96. The number of benzene rings is 2. The number of hydrogen-bond acceptors (Lipinski definition) is 4. The van der Waals surface area contributed by atoms with E-state index in [9.17, 15) is 4.79 Å². The lowest BCUT2D eigenvalue weighted by atomic mass is 9.95. The van der Waals surface area contributed by atoms with Crippen molar-refractivity contribution in [3.63, 3.8) is 0 Å². The molecule has 1 aliphatic rings. The summed E-state index contributed by atoms with van der Waals surface area (Å²) < 4.78 is 19.2. The Balaban J connectivity index is 1.51. The number of aromatic nitrogens is 2. The highest BCUT2D eigenvalue weighted by atomic mass is 16.5. The van der Waals surface area contributed by atoms with Gasteiger partial charge in [0, 0.05) is 36.0 Å². The summed E-state index contributed by atoms with van der Waals surface area (Å²) >= 11 is 0. The molecule has 6 heteroatoms. The topological polar surface area (TPSA) is 65.5 Å². The van der Waals surface area contributed by atoms with Gasteiger partial charge in [-0.15, -0.1) is 0 Å². The summed E-state index contributed by atoms with van der Waals surface area (Å²) in [5.74, 6) is 2.38. The number of aryl methyl sites for hydroxylation is 1. The van der Waals surface area contributed by atoms with Gasteiger partial charge >= 0.3 is 0 Å². The first-order chi connectivity index (χ1) is 15.6. The van der Waals surface area contributed by atoms with Gasteiger partial charge in [-0.2, -0.15) is 0 Å². The minimum atomic E-state index is -0.0536. The molecule has 1 saturated carbocycles. The fraction of sp³-hybridized carbons (Fsp3) is 0.269. The van der Waals surface area contributed by atoms with Crippen LogP contribution in [0.5, 0.6) is 17.2 Å². The third-order valence-electron chi connectivity index (χ3n) is 6.05. The second-order valence-electron chi connectivity index (χ2n) is 8.19. The SMILES string of the molecule is COc1ccc(COc2ccc(OC3CCC3)c(-c3cn(C)c(=O)c4[nH]ccc34)c2)cc1. The van der Waals surface area contributed by atoms with Gasteiger partial charge in [0.2, 0.25) is 0 Å². The molecule has 0 spiro atoms. The van der Waals surface area contributed by atoms with Crippen molar-refractivity contribution in [1.29, 1.82) is 0 Å². The molecule has 0 saturated heterocycles. The number of methoxy groups -OCH3 is 1. The lowest BCUT2D eigenvalue weighted by Gasteiger charge is -2.28. The maximum atomic E-state index is 12.5. The van der Waals surface area contributed by atoms with E-state index in [4.69, 9.17) is 14.2 Å². The maximum absolute atomic E-state index is 12.5. The summed E-state index contributed by atoms with van der Waals surface area (Å²) in [6, 6.07) is 15.7. The summed E-state index contributed by atoms with van der Waals surface area (Å²) in [5, 5.41) is 0.874. The van der Waals surface area contributed by atoms with Crippen molar-refractivity contribution in [1.82, 2.24) is 9.55 Å². The fourth-order valence-electron chi connectivity index (χ4n) is 3.95. The number of nitrogens with zero attached hydrogens (tertiary/aromatic N) is 1. The van der Waals surface area contributed by atoms with Gasteiger partial charge in [-0.3, -0.25) is 4.79 Å². The van der Waals surface area contributed by atoms with Crippen LogP contribution in [0.3, 0.4) is 0 Å². The lowest BCUT2D eigenvalue weighted by Crippen LogP contribution is -2.24. The second-order valence-corrected chi connectivity index (χ2v) is 8.19. The number of hydrogen-bond donors (Lipinski definition) is 1. The summed E-state index contributed by atoms with van der Waals surface area (Å²) in [4.78, 5) is 15.6. The van der Waals surface area contributed by atoms with Crippen molar-refractivity contribution in [3.8, 4) is 28.4 Å². The standard InChI is InChI=1S/C26H26N2O4/c1-28-15-23(21-12-13-27-25(21)26(28)29)22-14-20(10-11-24(22)32-19-4-3-5-19)31-16-17-6-8-18(30-2)9-7-17/h6-15,19,27H,3-5,16H2,1-2H3. The summed E-state index contributed by atoms with van der Waals surface area (Å²) in [7, 11) is 3.42. The second kappa shape index (κ2) is 8.46. The van der Waals surface area contributed by atoms with Crippen LogP contribution >= 0.6 is 0 Å². The molecule has 0 bridgehead atoms. The first-order valence-corrected chi connectivity index (χ1v) is 10.9. The van der Waals surface area contributed by atoms with Crippen molar-refractivity contribution in [2.45, 2.75) is 32.0 Å². The molecule has 164 valence electrons. The predicted molar refractivity (Wildman–Crippen MR) is 125 cm³/mol. The van der Waals surface area contributed by atoms with Gasteiger partial charge in [-0.05, 0) is 61.2 Å². The van der Waals surface area contributed by atoms with Crippen LogP contribution in [-0.4, -0.2) is 22.8 Å². The van der Waals surface area contributed by atoms with Gasteiger partial charge in [-0.25, -0.2) is 0 Å². The first kappa shape index (κ1) is 20.2. The minimum Gasteiger partial charge on any atom is -0.497 e. The Bertz CT molecular complexity index is 1300. The van der Waals surface area contributed by atoms with Crippen LogP contribution in [0, 0.1) is 0 Å². The van der Waals surface area contributed by atoms with E-state index < -0.39 is 0 Å². The quantitative estimate of drug-likeness (QED) is 0.445. The molecule has 2 aromatic heterocycles. The molecular weight excluding hydrogens is 404 g/mol. The summed E-state index contributed by atoms with van der Waals surface area (Å²) in [5.41, 5.74) is 3.44. The Hall–Kier alpha value is -3.67. The molecule has 2 aromatic carbocycles. The van der Waals surface area contributed by atoms with Crippen LogP contribution in [0.1, 0.15) is 24.8 Å². The smallest absolute Gasteiger partial charge is 0.274 e. The molecule has 0 amide bonds. The number of nitrogens with one attached hydrogen (secondary N) is 1. The molecule has 1 N–H and O–H groups in total. The zero-order chi connectivity index (χ0) is 22.1.